The summed E-state index contributed by atoms with van der Waals surface area (Å²) in [6, 6.07) is 2.93. The van der Waals surface area contributed by atoms with Crippen molar-refractivity contribution in [2.24, 2.45) is 0 Å². The maximum absolute atomic E-state index is 9.86. The molecule has 0 aromatic carbocycles. The molecule has 4 rings (SSSR count). The van der Waals surface area contributed by atoms with Crippen molar-refractivity contribution < 1.29 is 5.11 Å². The van der Waals surface area contributed by atoms with Crippen molar-refractivity contribution in [3.8, 4) is 0 Å². The van der Waals surface area contributed by atoms with Gasteiger partial charge >= 0.3 is 0 Å². The molecule has 3 N–H and O–H groups in total. The molecule has 0 amide bonds. The molecule has 20 heavy (non-hydrogen) atoms. The summed E-state index contributed by atoms with van der Waals surface area (Å²) in [7, 11) is 0. The molecular weight excluding hydrogens is 272 g/mol. The fourth-order valence-electron chi connectivity index (χ4n) is 3.66. The first-order valence-electron chi connectivity index (χ1n) is 7.14. The Kier molecular flexibility index (Phi) is 2.90. The highest BCUT2D eigenvalue weighted by Gasteiger charge is 2.40. The third-order valence-electron chi connectivity index (χ3n) is 4.58. The van der Waals surface area contributed by atoms with Gasteiger partial charge < -0.3 is 10.8 Å². The van der Waals surface area contributed by atoms with Gasteiger partial charge in [0, 0.05) is 12.1 Å². The van der Waals surface area contributed by atoms with Gasteiger partial charge in [-0.3, -0.25) is 4.90 Å². The van der Waals surface area contributed by atoms with Gasteiger partial charge in [-0.1, -0.05) is 0 Å². The van der Waals surface area contributed by atoms with E-state index in [-0.39, 0.29) is 6.10 Å². The molecule has 2 atom stereocenters. The molecule has 6 heteroatoms. The minimum absolute atomic E-state index is 0.130. The minimum Gasteiger partial charge on any atom is -0.393 e. The van der Waals surface area contributed by atoms with E-state index in [9.17, 15) is 5.11 Å². The predicted octanol–water partition coefficient (Wildman–Crippen LogP) is 1.76. The summed E-state index contributed by atoms with van der Waals surface area (Å²) in [5.41, 5.74) is 6.01. The average Bonchev–Trinajstić information content (AvgIpc) is 2.95. The summed E-state index contributed by atoms with van der Waals surface area (Å²) in [4.78, 5) is 12.5. The first-order valence-corrected chi connectivity index (χ1v) is 8.02. The number of aromatic nitrogens is 2. The number of rotatable bonds is 2. The molecular formula is C14H18N4OS. The van der Waals surface area contributed by atoms with Gasteiger partial charge in [0.2, 0.25) is 0 Å². The summed E-state index contributed by atoms with van der Waals surface area (Å²) in [5, 5.41) is 12.8. The number of aliphatic hydroxyl groups is 1. The minimum atomic E-state index is -0.130. The maximum atomic E-state index is 9.86. The van der Waals surface area contributed by atoms with Crippen LogP contribution in [-0.2, 0) is 6.54 Å². The maximum Gasteiger partial charge on any atom is 0.146 e. The predicted molar refractivity (Wildman–Crippen MR) is 79.4 cm³/mol. The monoisotopic (exact) mass is 290 g/mol. The largest absolute Gasteiger partial charge is 0.393 e. The Bertz CT molecular complexity index is 629. The number of nitrogens with zero attached hydrogens (tertiary/aromatic N) is 3. The van der Waals surface area contributed by atoms with Crippen LogP contribution in [0.25, 0.3) is 10.2 Å². The van der Waals surface area contributed by atoms with Gasteiger partial charge in [0.25, 0.3) is 0 Å². The molecule has 4 heterocycles. The van der Waals surface area contributed by atoms with Gasteiger partial charge in [-0.15, -0.1) is 11.3 Å². The molecule has 0 saturated carbocycles. The average molecular weight is 290 g/mol. The zero-order chi connectivity index (χ0) is 13.7. The van der Waals surface area contributed by atoms with Gasteiger partial charge in [0.1, 0.15) is 16.5 Å². The Morgan fingerprint density at radius 2 is 2.05 bits per heavy atom. The number of hydrogen-bond donors (Lipinski definition) is 2. The molecule has 2 saturated heterocycles. The van der Waals surface area contributed by atoms with Gasteiger partial charge in [-0.05, 0) is 37.1 Å². The molecule has 2 bridgehead atoms. The number of fused-ring (bicyclic) bond motifs is 3. The molecule has 0 spiro atoms. The zero-order valence-corrected chi connectivity index (χ0v) is 12.0. The Labute approximate surface area is 121 Å². The van der Waals surface area contributed by atoms with E-state index < -0.39 is 0 Å². The first-order chi connectivity index (χ1) is 9.70. The Morgan fingerprint density at radius 1 is 1.30 bits per heavy atom. The Morgan fingerprint density at radius 3 is 2.80 bits per heavy atom. The fraction of sp³-hybridized carbons (Fsp3) is 0.571. The molecule has 0 aliphatic carbocycles. The number of nitrogens with two attached hydrogens (primary N) is 1. The third-order valence-corrected chi connectivity index (χ3v) is 5.39. The molecule has 2 aliphatic heterocycles. The zero-order valence-electron chi connectivity index (χ0n) is 11.2. The smallest absolute Gasteiger partial charge is 0.146 e. The van der Waals surface area contributed by atoms with E-state index in [0.29, 0.717) is 17.9 Å². The SMILES string of the molecule is Nc1nc(CN2C3CCC2CC(O)C3)nc2sccc12. The highest BCUT2D eigenvalue weighted by molar-refractivity contribution is 7.16. The number of piperidine rings is 1. The highest BCUT2D eigenvalue weighted by Crippen LogP contribution is 2.36. The lowest BCUT2D eigenvalue weighted by atomic mass is 10.00. The number of nitrogen functional groups attached to an aromatic ring is 1. The number of aliphatic hydroxyl groups excluding tert-OH is 1. The van der Waals surface area contributed by atoms with Crippen LogP contribution < -0.4 is 5.73 Å². The topological polar surface area (TPSA) is 75.3 Å². The van der Waals surface area contributed by atoms with Crippen molar-refractivity contribution in [2.45, 2.75) is 50.4 Å². The normalized spacial score (nSPS) is 30.1. The van der Waals surface area contributed by atoms with Gasteiger partial charge in [0.15, 0.2) is 0 Å². The van der Waals surface area contributed by atoms with Crippen molar-refractivity contribution >= 4 is 27.4 Å². The van der Waals surface area contributed by atoms with Crippen LogP contribution in [0.15, 0.2) is 11.4 Å². The summed E-state index contributed by atoms with van der Waals surface area (Å²) in [6.07, 6.45) is 3.99. The highest BCUT2D eigenvalue weighted by atomic mass is 32.1. The van der Waals surface area contributed by atoms with E-state index in [0.717, 1.165) is 35.4 Å². The van der Waals surface area contributed by atoms with Crippen LogP contribution in [0.3, 0.4) is 0 Å². The van der Waals surface area contributed by atoms with Crippen molar-refractivity contribution in [3.05, 3.63) is 17.3 Å². The quantitative estimate of drug-likeness (QED) is 0.881. The third kappa shape index (κ3) is 1.99. The second-order valence-corrected chi connectivity index (χ2v) is 6.74. The summed E-state index contributed by atoms with van der Waals surface area (Å²) in [5.74, 6) is 1.39. The van der Waals surface area contributed by atoms with E-state index in [1.807, 2.05) is 11.4 Å². The van der Waals surface area contributed by atoms with E-state index in [1.165, 1.54) is 12.8 Å². The fourth-order valence-corrected chi connectivity index (χ4v) is 4.45. The summed E-state index contributed by atoms with van der Waals surface area (Å²) in [6.45, 7) is 0.750. The first kappa shape index (κ1) is 12.5. The van der Waals surface area contributed by atoms with E-state index in [1.54, 1.807) is 11.3 Å². The molecule has 106 valence electrons. The molecule has 2 aromatic rings. The summed E-state index contributed by atoms with van der Waals surface area (Å²) < 4.78 is 0. The van der Waals surface area contributed by atoms with Crippen LogP contribution in [0.5, 0.6) is 0 Å². The number of anilines is 1. The second kappa shape index (κ2) is 4.65. The summed E-state index contributed by atoms with van der Waals surface area (Å²) >= 11 is 1.61. The van der Waals surface area contributed by atoms with E-state index >= 15 is 0 Å². The van der Waals surface area contributed by atoms with Crippen molar-refractivity contribution in [1.82, 2.24) is 14.9 Å². The van der Waals surface area contributed by atoms with Crippen LogP contribution in [0, 0.1) is 0 Å². The number of thiophene rings is 1. The van der Waals surface area contributed by atoms with Crippen molar-refractivity contribution in [3.63, 3.8) is 0 Å². The second-order valence-electron chi connectivity index (χ2n) is 5.85. The molecule has 2 aromatic heterocycles. The lowest BCUT2D eigenvalue weighted by molar-refractivity contribution is 0.0297. The lowest BCUT2D eigenvalue weighted by Gasteiger charge is -2.36. The molecule has 2 unspecified atom stereocenters. The van der Waals surface area contributed by atoms with E-state index in [4.69, 9.17) is 5.73 Å². The molecule has 2 aliphatic rings. The van der Waals surface area contributed by atoms with E-state index in [2.05, 4.69) is 14.9 Å². The number of hydrogen-bond acceptors (Lipinski definition) is 6. The van der Waals surface area contributed by atoms with Gasteiger partial charge in [-0.2, -0.15) is 0 Å². The van der Waals surface area contributed by atoms with Crippen LogP contribution in [0.2, 0.25) is 0 Å². The molecule has 0 radical (unpaired) electrons. The van der Waals surface area contributed by atoms with Crippen LogP contribution in [-0.4, -0.2) is 38.2 Å². The molecule has 5 nitrogen and oxygen atoms in total. The van der Waals surface area contributed by atoms with Crippen molar-refractivity contribution in [2.75, 3.05) is 5.73 Å². The van der Waals surface area contributed by atoms with Crippen LogP contribution in [0.1, 0.15) is 31.5 Å². The standard InChI is InChI=1S/C14H18N4OS/c15-13-11-3-4-20-14(11)17-12(16-13)7-18-8-1-2-9(18)6-10(19)5-8/h3-4,8-10,19H,1-2,5-7H2,(H2,15,16,17). The lowest BCUT2D eigenvalue weighted by Crippen LogP contribution is -2.44. The Hall–Kier alpha value is -1.24. The van der Waals surface area contributed by atoms with Crippen molar-refractivity contribution in [1.29, 1.82) is 0 Å². The van der Waals surface area contributed by atoms with Crippen LogP contribution in [0.4, 0.5) is 5.82 Å². The Balaban J connectivity index is 1.61. The van der Waals surface area contributed by atoms with Crippen LogP contribution >= 0.6 is 11.3 Å². The van der Waals surface area contributed by atoms with Gasteiger partial charge in [0.05, 0.1) is 18.0 Å². The van der Waals surface area contributed by atoms with Gasteiger partial charge in [-0.25, -0.2) is 9.97 Å². The molecule has 2 fully saturated rings.